The van der Waals surface area contributed by atoms with Crippen LogP contribution in [0.1, 0.15) is 68.6 Å². The fourth-order valence-electron chi connectivity index (χ4n) is 5.21. The largest absolute Gasteiger partial charge is 0.493 e. The van der Waals surface area contributed by atoms with Crippen LogP contribution in [0, 0.1) is 18.2 Å². The van der Waals surface area contributed by atoms with Gasteiger partial charge in [-0.05, 0) is 73.8 Å². The van der Waals surface area contributed by atoms with Crippen LogP contribution in [0.25, 0.3) is 0 Å². The van der Waals surface area contributed by atoms with Gasteiger partial charge >= 0.3 is 0 Å². The molecule has 1 saturated carbocycles. The van der Waals surface area contributed by atoms with Crippen LogP contribution in [0.4, 0.5) is 4.39 Å². The van der Waals surface area contributed by atoms with Crippen LogP contribution >= 0.6 is 0 Å². The normalized spacial score (nSPS) is 22.2. The fraction of sp³-hybridized carbons (Fsp3) is 0.500. The highest BCUT2D eigenvalue weighted by Crippen LogP contribution is 2.45. The molecule has 7 nitrogen and oxygen atoms in total. The Morgan fingerprint density at radius 3 is 2.75 bits per heavy atom. The van der Waals surface area contributed by atoms with Crippen molar-refractivity contribution in [3.05, 3.63) is 65.0 Å². The maximum Gasteiger partial charge on any atom is 0.243 e. The predicted octanol–water partition coefficient (Wildman–Crippen LogP) is 3.52. The van der Waals surface area contributed by atoms with E-state index in [9.17, 15) is 19.1 Å². The van der Waals surface area contributed by atoms with Gasteiger partial charge in [0.2, 0.25) is 11.8 Å². The highest BCUT2D eigenvalue weighted by Gasteiger charge is 2.44. The van der Waals surface area contributed by atoms with Crippen molar-refractivity contribution in [2.24, 2.45) is 0 Å². The van der Waals surface area contributed by atoms with Crippen LogP contribution in [0.15, 0.2) is 42.5 Å². The first-order chi connectivity index (χ1) is 19.3. The van der Waals surface area contributed by atoms with E-state index in [0.29, 0.717) is 30.8 Å². The number of hydrogen-bond donors (Lipinski definition) is 4. The van der Waals surface area contributed by atoms with Gasteiger partial charge in [-0.15, -0.1) is 12.3 Å². The predicted molar refractivity (Wildman–Crippen MR) is 152 cm³/mol. The topological polar surface area (TPSA) is 99.7 Å². The molecule has 40 heavy (non-hydrogen) atoms. The second-order valence-electron chi connectivity index (χ2n) is 10.9. The molecule has 214 valence electrons. The van der Waals surface area contributed by atoms with Crippen LogP contribution in [-0.4, -0.2) is 48.3 Å². The molecular formula is C32H40FN3O4. The summed E-state index contributed by atoms with van der Waals surface area (Å²) in [6, 6.07) is 11.2. The number of carbonyl (C=O) groups excluding carboxylic acids is 2. The van der Waals surface area contributed by atoms with Crippen LogP contribution in [0.2, 0.25) is 0 Å². The summed E-state index contributed by atoms with van der Waals surface area (Å²) in [7, 11) is 0. The summed E-state index contributed by atoms with van der Waals surface area (Å²) in [6.45, 7) is 2.73. The molecule has 2 aromatic rings. The van der Waals surface area contributed by atoms with E-state index in [1.54, 1.807) is 6.07 Å². The number of aliphatic hydroxyl groups excluding tert-OH is 1. The van der Waals surface area contributed by atoms with E-state index in [4.69, 9.17) is 11.2 Å². The lowest BCUT2D eigenvalue weighted by molar-refractivity contribution is -0.129. The molecule has 8 heteroatoms. The summed E-state index contributed by atoms with van der Waals surface area (Å²) in [5.74, 6) is 1.68. The molecule has 4 rings (SSSR count). The second-order valence-corrected chi connectivity index (χ2v) is 10.9. The fourth-order valence-corrected chi connectivity index (χ4v) is 5.21. The Balaban J connectivity index is 1.55. The second kappa shape index (κ2) is 13.8. The number of nitrogens with one attached hydrogen (secondary N) is 3. The van der Waals surface area contributed by atoms with Crippen molar-refractivity contribution in [2.45, 2.75) is 88.4 Å². The molecule has 2 bridgehead atoms. The van der Waals surface area contributed by atoms with Crippen molar-refractivity contribution in [2.75, 3.05) is 13.2 Å². The third-order valence-corrected chi connectivity index (χ3v) is 7.76. The molecule has 0 spiro atoms. The van der Waals surface area contributed by atoms with Crippen molar-refractivity contribution in [3.8, 4) is 18.1 Å². The number of halogens is 1. The van der Waals surface area contributed by atoms with E-state index in [0.717, 1.165) is 25.7 Å². The molecule has 0 radical (unpaired) electrons. The summed E-state index contributed by atoms with van der Waals surface area (Å²) in [5.41, 5.74) is 2.81. The van der Waals surface area contributed by atoms with Crippen molar-refractivity contribution in [3.63, 3.8) is 0 Å². The van der Waals surface area contributed by atoms with E-state index in [-0.39, 0.29) is 37.3 Å². The molecule has 2 aromatic carbocycles. The van der Waals surface area contributed by atoms with E-state index in [1.165, 1.54) is 23.3 Å². The number of amides is 2. The van der Waals surface area contributed by atoms with Crippen LogP contribution in [-0.2, 0) is 28.0 Å². The minimum atomic E-state index is -0.996. The van der Waals surface area contributed by atoms with Gasteiger partial charge in [0.25, 0.3) is 0 Å². The number of benzene rings is 2. The van der Waals surface area contributed by atoms with Gasteiger partial charge in [0.05, 0.1) is 18.8 Å². The quantitative estimate of drug-likeness (QED) is 0.396. The Hall–Kier alpha value is -3.41. The van der Waals surface area contributed by atoms with Crippen LogP contribution < -0.4 is 20.7 Å². The average molecular weight is 550 g/mol. The zero-order valence-electron chi connectivity index (χ0n) is 23.2. The number of hydrogen-bond acceptors (Lipinski definition) is 5. The minimum Gasteiger partial charge on any atom is -0.493 e. The zero-order valence-corrected chi connectivity index (χ0v) is 23.2. The molecule has 3 unspecified atom stereocenters. The first-order valence-electron chi connectivity index (χ1n) is 14.3. The lowest BCUT2D eigenvalue weighted by Crippen LogP contribution is -2.55. The third-order valence-electron chi connectivity index (χ3n) is 7.76. The highest BCUT2D eigenvalue weighted by atomic mass is 19.1. The van der Waals surface area contributed by atoms with Gasteiger partial charge < -0.3 is 25.8 Å². The Morgan fingerprint density at radius 1 is 1.18 bits per heavy atom. The third kappa shape index (κ3) is 8.06. The number of ether oxygens (including phenoxy) is 1. The summed E-state index contributed by atoms with van der Waals surface area (Å²) in [4.78, 5) is 25.8. The molecule has 0 aromatic heterocycles. The SMILES string of the molecule is C#CCC1NC(=O)CCCCCOc2cc(F)cc(c2)CC(C(O)CNC2(c3cccc(CC)c3)CC2)NC1=O. The van der Waals surface area contributed by atoms with Crippen LogP contribution in [0.5, 0.6) is 5.75 Å². The Bertz CT molecular complexity index is 1220. The van der Waals surface area contributed by atoms with Gasteiger partial charge in [0.1, 0.15) is 17.6 Å². The Morgan fingerprint density at radius 2 is 2.00 bits per heavy atom. The monoisotopic (exact) mass is 549 g/mol. The summed E-state index contributed by atoms with van der Waals surface area (Å²) in [6.07, 6.45) is 9.89. The van der Waals surface area contributed by atoms with Crippen LogP contribution in [0.3, 0.4) is 0 Å². The van der Waals surface area contributed by atoms with Crippen molar-refractivity contribution < 1.29 is 23.8 Å². The first-order valence-corrected chi connectivity index (χ1v) is 14.3. The molecule has 3 atom stereocenters. The molecule has 1 aliphatic carbocycles. The lowest BCUT2D eigenvalue weighted by atomic mass is 9.98. The number of aliphatic hydroxyl groups is 1. The van der Waals surface area contributed by atoms with Gasteiger partial charge in [-0.25, -0.2) is 4.39 Å². The van der Waals surface area contributed by atoms with Crippen molar-refractivity contribution >= 4 is 11.8 Å². The van der Waals surface area contributed by atoms with E-state index < -0.39 is 29.9 Å². The molecule has 2 amide bonds. The number of fused-ring (bicyclic) bond motifs is 2. The zero-order chi connectivity index (χ0) is 28.5. The molecular weight excluding hydrogens is 509 g/mol. The first kappa shape index (κ1) is 29.6. The maximum absolute atomic E-state index is 14.5. The minimum absolute atomic E-state index is 0.0213. The van der Waals surface area contributed by atoms with Crippen molar-refractivity contribution in [1.29, 1.82) is 0 Å². The number of aryl methyl sites for hydroxylation is 1. The van der Waals surface area contributed by atoms with Crippen molar-refractivity contribution in [1.82, 2.24) is 16.0 Å². The smallest absolute Gasteiger partial charge is 0.243 e. The maximum atomic E-state index is 14.5. The Labute approximate surface area is 236 Å². The van der Waals surface area contributed by atoms with Gasteiger partial charge in [-0.3, -0.25) is 9.59 Å². The number of terminal acetylenes is 1. The lowest BCUT2D eigenvalue weighted by Gasteiger charge is -2.29. The molecule has 4 N–H and O–H groups in total. The van der Waals surface area contributed by atoms with Gasteiger partial charge in [-0.1, -0.05) is 31.2 Å². The summed E-state index contributed by atoms with van der Waals surface area (Å²) < 4.78 is 20.3. The van der Waals surface area contributed by atoms with E-state index in [1.807, 2.05) is 0 Å². The highest BCUT2D eigenvalue weighted by molar-refractivity contribution is 5.88. The van der Waals surface area contributed by atoms with Gasteiger partial charge in [0.15, 0.2) is 0 Å². The van der Waals surface area contributed by atoms with Gasteiger partial charge in [-0.2, -0.15) is 0 Å². The summed E-state index contributed by atoms with van der Waals surface area (Å²) in [5, 5.41) is 20.5. The summed E-state index contributed by atoms with van der Waals surface area (Å²) >= 11 is 0. The molecule has 1 aliphatic heterocycles. The Kier molecular flexibility index (Phi) is 10.2. The van der Waals surface area contributed by atoms with E-state index in [2.05, 4.69) is 53.1 Å². The molecule has 1 fully saturated rings. The number of rotatable bonds is 7. The molecule has 2 aliphatic rings. The molecule has 1 heterocycles. The van der Waals surface area contributed by atoms with Gasteiger partial charge in [0, 0.05) is 31.0 Å². The standard InChI is InChI=1S/C32H40FN3O4/c1-3-9-27-31(39)36-28(29(37)21-34-32(13-14-32)24-11-8-10-22(4-2)16-24)19-23-17-25(33)20-26(18-23)40-15-7-5-6-12-30(38)35-27/h1,8,10-11,16-18,20,27-29,34,37H,4-7,9,12-15,19,21H2,2H3,(H,35,38)(H,36,39). The average Bonchev–Trinajstić information content (AvgIpc) is 3.73. The number of carbonyl (C=O) groups is 2. The molecule has 0 saturated heterocycles. The van der Waals surface area contributed by atoms with E-state index >= 15 is 0 Å².